The summed E-state index contributed by atoms with van der Waals surface area (Å²) >= 11 is 0. The highest BCUT2D eigenvalue weighted by Gasteiger charge is 2.32. The minimum atomic E-state index is -0.0622. The van der Waals surface area contributed by atoms with Crippen LogP contribution in [0.4, 0.5) is 0 Å². The third-order valence-electron chi connectivity index (χ3n) is 6.46. The topological polar surface area (TPSA) is 68.3 Å². The van der Waals surface area contributed by atoms with E-state index in [4.69, 9.17) is 0 Å². The Bertz CT molecular complexity index is 837. The zero-order chi connectivity index (χ0) is 27.8. The van der Waals surface area contributed by atoms with E-state index in [9.17, 15) is 19.2 Å². The van der Waals surface area contributed by atoms with Crippen LogP contribution in [0.1, 0.15) is 128 Å². The van der Waals surface area contributed by atoms with Crippen LogP contribution in [0.2, 0.25) is 0 Å². The van der Waals surface area contributed by atoms with E-state index in [1.54, 1.807) is 6.92 Å². The molecule has 0 N–H and O–H groups in total. The van der Waals surface area contributed by atoms with Gasteiger partial charge in [-0.2, -0.15) is 0 Å². The van der Waals surface area contributed by atoms with Crippen LogP contribution in [0.5, 0.6) is 0 Å². The minimum absolute atomic E-state index is 0.0460. The Morgan fingerprint density at radius 2 is 1.58 bits per heavy atom. The molecular weight excluding hydrogens is 448 g/mol. The number of carbonyl (C=O) groups is 4. The SMILES string of the molecule is CC(=O)CC(C)C.CCC.CCCC(CC1CC(=O)c2c(C)cccc2C1)C(CC)C(=O)CC(C)=O. The third-order valence-corrected chi connectivity index (χ3v) is 6.46. The molecule has 3 unspecified atom stereocenters. The number of Topliss-reactive ketones (excluding diaryl/α,β-unsaturated/α-hetero) is 4. The van der Waals surface area contributed by atoms with E-state index < -0.39 is 0 Å². The summed E-state index contributed by atoms with van der Waals surface area (Å²) in [6.45, 7) is 17.6. The normalized spacial score (nSPS) is 16.1. The summed E-state index contributed by atoms with van der Waals surface area (Å²) in [6.07, 6.45) is 7.18. The summed E-state index contributed by atoms with van der Waals surface area (Å²) in [5.74, 6) is 1.58. The molecule has 4 nitrogen and oxygen atoms in total. The fraction of sp³-hybridized carbons (Fsp3) is 0.688. The highest BCUT2D eigenvalue weighted by molar-refractivity contribution is 6.00. The molecule has 0 heterocycles. The predicted octanol–water partition coefficient (Wildman–Crippen LogP) is 8.16. The predicted molar refractivity (Wildman–Crippen MR) is 151 cm³/mol. The second-order valence-corrected chi connectivity index (χ2v) is 11.0. The molecule has 1 aliphatic carbocycles. The van der Waals surface area contributed by atoms with E-state index in [1.165, 1.54) is 13.3 Å². The molecule has 1 aliphatic rings. The van der Waals surface area contributed by atoms with Crippen molar-refractivity contribution in [2.45, 2.75) is 120 Å². The molecule has 0 amide bonds. The summed E-state index contributed by atoms with van der Waals surface area (Å²) in [6, 6.07) is 6.10. The molecule has 3 atom stereocenters. The van der Waals surface area contributed by atoms with Crippen molar-refractivity contribution in [2.24, 2.45) is 23.7 Å². The molecule has 1 aromatic carbocycles. The van der Waals surface area contributed by atoms with Crippen molar-refractivity contribution in [3.8, 4) is 0 Å². The Morgan fingerprint density at radius 3 is 2.03 bits per heavy atom. The number of hydrogen-bond donors (Lipinski definition) is 0. The number of carbonyl (C=O) groups excluding carboxylic acids is 4. The summed E-state index contributed by atoms with van der Waals surface area (Å²) < 4.78 is 0. The van der Waals surface area contributed by atoms with Crippen LogP contribution in [0.25, 0.3) is 0 Å². The van der Waals surface area contributed by atoms with Crippen LogP contribution in [0, 0.1) is 30.6 Å². The third kappa shape index (κ3) is 12.7. The van der Waals surface area contributed by atoms with Gasteiger partial charge in [-0.25, -0.2) is 0 Å². The molecule has 36 heavy (non-hydrogen) atoms. The highest BCUT2D eigenvalue weighted by atomic mass is 16.1. The van der Waals surface area contributed by atoms with Gasteiger partial charge >= 0.3 is 0 Å². The zero-order valence-electron chi connectivity index (χ0n) is 24.5. The lowest BCUT2D eigenvalue weighted by atomic mass is 9.72. The number of hydrogen-bond acceptors (Lipinski definition) is 4. The van der Waals surface area contributed by atoms with Crippen molar-refractivity contribution in [1.29, 1.82) is 0 Å². The average molecular weight is 501 g/mol. The van der Waals surface area contributed by atoms with Gasteiger partial charge in [0.2, 0.25) is 0 Å². The molecule has 0 spiro atoms. The monoisotopic (exact) mass is 500 g/mol. The summed E-state index contributed by atoms with van der Waals surface area (Å²) in [7, 11) is 0. The Hall–Kier alpha value is -2.10. The lowest BCUT2D eigenvalue weighted by Crippen LogP contribution is -2.29. The fourth-order valence-electron chi connectivity index (χ4n) is 5.27. The highest BCUT2D eigenvalue weighted by Crippen LogP contribution is 2.36. The first-order valence-electron chi connectivity index (χ1n) is 14.0. The van der Waals surface area contributed by atoms with Crippen molar-refractivity contribution in [2.75, 3.05) is 0 Å². The van der Waals surface area contributed by atoms with Crippen molar-refractivity contribution in [3.63, 3.8) is 0 Å². The maximum absolute atomic E-state index is 12.7. The molecule has 0 saturated carbocycles. The largest absolute Gasteiger partial charge is 0.300 e. The fourth-order valence-corrected chi connectivity index (χ4v) is 5.27. The smallest absolute Gasteiger partial charge is 0.163 e. The molecule has 0 saturated heterocycles. The van der Waals surface area contributed by atoms with Gasteiger partial charge in [0.25, 0.3) is 0 Å². The lowest BCUT2D eigenvalue weighted by Gasteiger charge is -2.31. The standard InChI is InChI=1S/C23H32O3.C6H12O.C3H8/c1-5-8-18(20(6-2)21(25)11-16(4)24)12-17-13-19-10-7-9-15(3)23(19)22(26)14-17;1-5(2)4-6(3)7;1-3-2/h7,9-10,17-18,20H,5-6,8,11-14H2,1-4H3;5H,4H2,1-3H3;3H2,1-2H3. The van der Waals surface area contributed by atoms with Crippen LogP contribution < -0.4 is 0 Å². The molecule has 0 fully saturated rings. The Kier molecular flexibility index (Phi) is 17.1. The van der Waals surface area contributed by atoms with Crippen molar-refractivity contribution >= 4 is 23.1 Å². The first-order chi connectivity index (χ1) is 16.9. The second-order valence-electron chi connectivity index (χ2n) is 11.0. The molecule has 1 aromatic rings. The van der Waals surface area contributed by atoms with E-state index in [1.807, 2.05) is 39.8 Å². The summed E-state index contributed by atoms with van der Waals surface area (Å²) in [5.41, 5.74) is 3.14. The maximum atomic E-state index is 12.7. The second kappa shape index (κ2) is 18.2. The van der Waals surface area contributed by atoms with Gasteiger partial charge in [0, 0.05) is 24.3 Å². The van der Waals surface area contributed by atoms with E-state index in [0.717, 1.165) is 55.2 Å². The molecule has 0 bridgehead atoms. The van der Waals surface area contributed by atoms with Gasteiger partial charge in [-0.05, 0) is 68.9 Å². The van der Waals surface area contributed by atoms with Crippen LogP contribution >= 0.6 is 0 Å². The summed E-state index contributed by atoms with van der Waals surface area (Å²) in [5, 5.41) is 0. The Morgan fingerprint density at radius 1 is 0.972 bits per heavy atom. The first kappa shape index (κ1) is 33.9. The van der Waals surface area contributed by atoms with Gasteiger partial charge in [0.05, 0.1) is 6.42 Å². The lowest BCUT2D eigenvalue weighted by molar-refractivity contribution is -0.130. The molecule has 0 aliphatic heterocycles. The van der Waals surface area contributed by atoms with Crippen molar-refractivity contribution in [3.05, 3.63) is 34.9 Å². The van der Waals surface area contributed by atoms with Gasteiger partial charge in [-0.1, -0.05) is 79.0 Å². The molecule has 0 aromatic heterocycles. The van der Waals surface area contributed by atoms with E-state index >= 15 is 0 Å². The van der Waals surface area contributed by atoms with Gasteiger partial charge in [0.1, 0.15) is 17.3 Å². The molecule has 0 radical (unpaired) electrons. The first-order valence-corrected chi connectivity index (χ1v) is 14.0. The van der Waals surface area contributed by atoms with Crippen molar-refractivity contribution < 1.29 is 19.2 Å². The quantitative estimate of drug-likeness (QED) is 0.287. The number of fused-ring (bicyclic) bond motifs is 1. The maximum Gasteiger partial charge on any atom is 0.163 e. The number of aryl methyl sites for hydroxylation is 1. The van der Waals surface area contributed by atoms with Gasteiger partial charge < -0.3 is 4.79 Å². The summed E-state index contributed by atoms with van der Waals surface area (Å²) in [4.78, 5) is 46.9. The number of rotatable bonds is 11. The molecular formula is C32H52O4. The zero-order valence-corrected chi connectivity index (χ0v) is 24.5. The van der Waals surface area contributed by atoms with Gasteiger partial charge in [-0.15, -0.1) is 0 Å². The van der Waals surface area contributed by atoms with E-state index in [-0.39, 0.29) is 41.4 Å². The molecule has 4 heteroatoms. The minimum Gasteiger partial charge on any atom is -0.300 e. The Labute approximate surface area is 221 Å². The van der Waals surface area contributed by atoms with Gasteiger partial charge in [-0.3, -0.25) is 14.4 Å². The van der Waals surface area contributed by atoms with Crippen LogP contribution in [0.3, 0.4) is 0 Å². The van der Waals surface area contributed by atoms with Crippen LogP contribution in [-0.2, 0) is 20.8 Å². The van der Waals surface area contributed by atoms with Gasteiger partial charge in [0.15, 0.2) is 5.78 Å². The van der Waals surface area contributed by atoms with E-state index in [2.05, 4.69) is 26.8 Å². The number of ketones is 4. The molecule has 204 valence electrons. The van der Waals surface area contributed by atoms with Crippen molar-refractivity contribution in [1.82, 2.24) is 0 Å². The number of benzene rings is 1. The van der Waals surface area contributed by atoms with Crippen LogP contribution in [0.15, 0.2) is 18.2 Å². The van der Waals surface area contributed by atoms with Crippen LogP contribution in [-0.4, -0.2) is 23.1 Å². The van der Waals surface area contributed by atoms with E-state index in [0.29, 0.717) is 18.3 Å². The Balaban J connectivity index is 0.00000104. The average Bonchev–Trinajstić information content (AvgIpc) is 2.73. The molecule has 2 rings (SSSR count).